The zero-order chi connectivity index (χ0) is 12.5. The highest BCUT2D eigenvalue weighted by molar-refractivity contribution is 7.98. The van der Waals surface area contributed by atoms with Crippen LogP contribution in [0.1, 0.15) is 19.8 Å². The third-order valence-electron chi connectivity index (χ3n) is 2.17. The lowest BCUT2D eigenvalue weighted by Gasteiger charge is -1.96. The molecule has 2 aromatic rings. The molecule has 0 atom stereocenters. The molecule has 0 unspecified atom stereocenters. The maximum absolute atomic E-state index is 4.78. The number of unbranched alkanes of at least 4 members (excludes halogenated alkanes) is 1. The Morgan fingerprint density at radius 3 is 2.53 bits per heavy atom. The van der Waals surface area contributed by atoms with Gasteiger partial charge < -0.3 is 9.14 Å². The molecule has 17 heavy (non-hydrogen) atoms. The Morgan fingerprint density at radius 2 is 2.00 bits per heavy atom. The van der Waals surface area contributed by atoms with Crippen molar-refractivity contribution in [1.29, 1.82) is 0 Å². The summed E-state index contributed by atoms with van der Waals surface area (Å²) < 4.78 is 6.74. The first-order chi connectivity index (χ1) is 8.33. The van der Waals surface area contributed by atoms with E-state index in [9.17, 15) is 0 Å². The van der Waals surface area contributed by atoms with Gasteiger partial charge in [-0.15, -0.1) is 11.8 Å². The molecule has 0 radical (unpaired) electrons. The molecule has 0 bridgehead atoms. The predicted octanol–water partition coefficient (Wildman–Crippen LogP) is 2.88. The SMILES string of the molecule is CCCCOC.CSc1nccn2ccnc12. The lowest BCUT2D eigenvalue weighted by molar-refractivity contribution is 0.194. The van der Waals surface area contributed by atoms with E-state index in [4.69, 9.17) is 4.74 Å². The molecular weight excluding hydrogens is 234 g/mol. The first kappa shape index (κ1) is 14.0. The van der Waals surface area contributed by atoms with E-state index < -0.39 is 0 Å². The van der Waals surface area contributed by atoms with Gasteiger partial charge >= 0.3 is 0 Å². The second kappa shape index (κ2) is 8.08. The third kappa shape index (κ3) is 4.36. The number of nitrogens with zero attached hydrogens (tertiary/aromatic N) is 3. The Morgan fingerprint density at radius 1 is 1.29 bits per heavy atom. The van der Waals surface area contributed by atoms with E-state index in [2.05, 4.69) is 16.9 Å². The Hall–Kier alpha value is -1.07. The summed E-state index contributed by atoms with van der Waals surface area (Å²) in [5.41, 5.74) is 0.931. The van der Waals surface area contributed by atoms with Crippen molar-refractivity contribution in [2.45, 2.75) is 24.8 Å². The summed E-state index contributed by atoms with van der Waals surface area (Å²) in [5, 5.41) is 0.970. The monoisotopic (exact) mass is 253 g/mol. The van der Waals surface area contributed by atoms with Crippen LogP contribution in [-0.2, 0) is 4.74 Å². The highest BCUT2D eigenvalue weighted by Gasteiger charge is 1.99. The molecule has 94 valence electrons. The molecule has 0 aliphatic rings. The first-order valence-corrected chi connectivity index (χ1v) is 6.86. The largest absolute Gasteiger partial charge is 0.385 e. The fourth-order valence-electron chi connectivity index (χ4n) is 1.26. The van der Waals surface area contributed by atoms with Gasteiger partial charge in [0.15, 0.2) is 5.65 Å². The maximum atomic E-state index is 4.78. The molecular formula is C12H19N3OS. The minimum absolute atomic E-state index is 0.913. The van der Waals surface area contributed by atoms with Crippen molar-refractivity contribution in [2.24, 2.45) is 0 Å². The molecule has 0 aromatic carbocycles. The van der Waals surface area contributed by atoms with Crippen LogP contribution in [0.3, 0.4) is 0 Å². The van der Waals surface area contributed by atoms with Crippen LogP contribution in [0.5, 0.6) is 0 Å². The van der Waals surface area contributed by atoms with Gasteiger partial charge in [0.05, 0.1) is 0 Å². The predicted molar refractivity (Wildman–Crippen MR) is 71.6 cm³/mol. The fourth-order valence-corrected chi connectivity index (χ4v) is 1.77. The summed E-state index contributed by atoms with van der Waals surface area (Å²) in [6.07, 6.45) is 11.8. The Bertz CT molecular complexity index is 426. The molecule has 0 spiro atoms. The number of aromatic nitrogens is 3. The third-order valence-corrected chi connectivity index (χ3v) is 2.85. The molecule has 0 aliphatic heterocycles. The minimum atomic E-state index is 0.913. The first-order valence-electron chi connectivity index (χ1n) is 5.64. The number of hydrogen-bond donors (Lipinski definition) is 0. The lowest BCUT2D eigenvalue weighted by atomic mass is 10.4. The summed E-state index contributed by atoms with van der Waals surface area (Å²) in [6.45, 7) is 3.07. The van der Waals surface area contributed by atoms with Gasteiger partial charge in [0.1, 0.15) is 5.03 Å². The highest BCUT2D eigenvalue weighted by atomic mass is 32.2. The number of imidazole rings is 1. The number of thioether (sulfide) groups is 1. The molecule has 0 saturated carbocycles. The number of methoxy groups -OCH3 is 1. The van der Waals surface area contributed by atoms with E-state index in [-0.39, 0.29) is 0 Å². The molecule has 0 aliphatic carbocycles. The van der Waals surface area contributed by atoms with Crippen molar-refractivity contribution < 1.29 is 4.74 Å². The van der Waals surface area contributed by atoms with Crippen molar-refractivity contribution >= 4 is 17.4 Å². The van der Waals surface area contributed by atoms with Crippen LogP contribution in [0.25, 0.3) is 5.65 Å². The quantitative estimate of drug-likeness (QED) is 0.620. The topological polar surface area (TPSA) is 39.4 Å². The van der Waals surface area contributed by atoms with Gasteiger partial charge in [-0.2, -0.15) is 0 Å². The average molecular weight is 253 g/mol. The second-order valence-electron chi connectivity index (χ2n) is 3.44. The lowest BCUT2D eigenvalue weighted by Crippen LogP contribution is -1.87. The number of fused-ring (bicyclic) bond motifs is 1. The van der Waals surface area contributed by atoms with Crippen LogP contribution in [0, 0.1) is 0 Å². The van der Waals surface area contributed by atoms with E-state index in [1.165, 1.54) is 12.8 Å². The highest BCUT2D eigenvalue weighted by Crippen LogP contribution is 2.15. The van der Waals surface area contributed by atoms with Gasteiger partial charge in [0.2, 0.25) is 0 Å². The minimum Gasteiger partial charge on any atom is -0.385 e. The molecule has 2 aromatic heterocycles. The molecule has 5 heteroatoms. The van der Waals surface area contributed by atoms with Crippen molar-refractivity contribution in [3.05, 3.63) is 24.8 Å². The van der Waals surface area contributed by atoms with Crippen LogP contribution < -0.4 is 0 Å². The zero-order valence-corrected chi connectivity index (χ0v) is 11.4. The van der Waals surface area contributed by atoms with E-state index in [0.29, 0.717) is 0 Å². The molecule has 2 heterocycles. The van der Waals surface area contributed by atoms with Gasteiger partial charge in [-0.1, -0.05) is 13.3 Å². The van der Waals surface area contributed by atoms with Crippen molar-refractivity contribution in [1.82, 2.24) is 14.4 Å². The summed E-state index contributed by atoms with van der Waals surface area (Å²) >= 11 is 1.61. The number of hydrogen-bond acceptors (Lipinski definition) is 4. The van der Waals surface area contributed by atoms with Gasteiger partial charge in [-0.25, -0.2) is 9.97 Å². The van der Waals surface area contributed by atoms with Crippen molar-refractivity contribution in [3.8, 4) is 0 Å². The van der Waals surface area contributed by atoms with Crippen molar-refractivity contribution in [2.75, 3.05) is 20.0 Å². The van der Waals surface area contributed by atoms with E-state index in [1.807, 2.05) is 23.1 Å². The summed E-state index contributed by atoms with van der Waals surface area (Å²) in [5.74, 6) is 0. The van der Waals surface area contributed by atoms with Gasteiger partial charge in [0, 0.05) is 38.5 Å². The average Bonchev–Trinajstić information content (AvgIpc) is 2.85. The Balaban J connectivity index is 0.000000209. The summed E-state index contributed by atoms with van der Waals surface area (Å²) in [4.78, 5) is 8.35. The van der Waals surface area contributed by atoms with Gasteiger partial charge in [-0.3, -0.25) is 0 Å². The molecule has 0 amide bonds. The summed E-state index contributed by atoms with van der Waals surface area (Å²) in [6, 6.07) is 0. The normalized spacial score (nSPS) is 10.1. The standard InChI is InChI=1S/C7H7N3S.C5H12O/c1-11-7-6-8-2-4-10(6)5-3-9-7;1-3-4-5-6-2/h2-5H,1H3;3-5H2,1-2H3. The van der Waals surface area contributed by atoms with Crippen molar-refractivity contribution in [3.63, 3.8) is 0 Å². The van der Waals surface area contributed by atoms with E-state index in [1.54, 1.807) is 31.3 Å². The molecule has 2 rings (SSSR count). The van der Waals surface area contributed by atoms with Gasteiger partial charge in [0.25, 0.3) is 0 Å². The Kier molecular flexibility index (Phi) is 6.65. The van der Waals surface area contributed by atoms with Crippen LogP contribution in [0.4, 0.5) is 0 Å². The summed E-state index contributed by atoms with van der Waals surface area (Å²) in [7, 11) is 1.73. The van der Waals surface area contributed by atoms with Crippen LogP contribution >= 0.6 is 11.8 Å². The second-order valence-corrected chi connectivity index (χ2v) is 4.24. The molecule has 0 N–H and O–H groups in total. The molecule has 4 nitrogen and oxygen atoms in total. The number of rotatable bonds is 4. The molecule has 0 saturated heterocycles. The molecule has 0 fully saturated rings. The van der Waals surface area contributed by atoms with Crippen LogP contribution in [0.15, 0.2) is 29.8 Å². The Labute approximate surface area is 106 Å². The van der Waals surface area contributed by atoms with Crippen LogP contribution in [-0.4, -0.2) is 34.3 Å². The van der Waals surface area contributed by atoms with E-state index >= 15 is 0 Å². The van der Waals surface area contributed by atoms with Gasteiger partial charge in [-0.05, 0) is 12.7 Å². The van der Waals surface area contributed by atoms with E-state index in [0.717, 1.165) is 17.3 Å². The van der Waals surface area contributed by atoms with Crippen LogP contribution in [0.2, 0.25) is 0 Å². The smallest absolute Gasteiger partial charge is 0.169 e. The maximum Gasteiger partial charge on any atom is 0.169 e. The zero-order valence-electron chi connectivity index (χ0n) is 10.6. The number of ether oxygens (including phenoxy) is 1. The fraction of sp³-hybridized carbons (Fsp3) is 0.500.